The lowest BCUT2D eigenvalue weighted by Gasteiger charge is -2.09. The molecule has 0 amide bonds. The molecule has 0 saturated heterocycles. The van der Waals surface area contributed by atoms with Crippen LogP contribution in [0.2, 0.25) is 0 Å². The summed E-state index contributed by atoms with van der Waals surface area (Å²) in [6, 6.07) is 21.3. The molecule has 0 fully saturated rings. The second-order valence-corrected chi connectivity index (χ2v) is 5.77. The Morgan fingerprint density at radius 3 is 1.55 bits per heavy atom. The predicted molar refractivity (Wildman–Crippen MR) is 94.0 cm³/mol. The number of benzene rings is 2. The summed E-state index contributed by atoms with van der Waals surface area (Å²) in [6.45, 7) is 4.37. The van der Waals surface area contributed by atoms with Crippen molar-refractivity contribution in [3.63, 3.8) is 0 Å². The smallest absolute Gasteiger partial charge is 0.0503 e. The molecule has 2 heterocycles. The first-order valence-corrected chi connectivity index (χ1v) is 7.45. The predicted octanol–water partition coefficient (Wildman–Crippen LogP) is 4.73. The Morgan fingerprint density at radius 1 is 0.727 bits per heavy atom. The van der Waals surface area contributed by atoms with Crippen LogP contribution in [0.3, 0.4) is 0 Å². The van der Waals surface area contributed by atoms with Crippen LogP contribution in [0.25, 0.3) is 27.4 Å². The third kappa shape index (κ3) is 1.74. The maximum atomic E-state index is 4.37. The number of fused-ring (bicyclic) bond motifs is 2. The molecule has 2 nitrogen and oxygen atoms in total. The van der Waals surface area contributed by atoms with Crippen molar-refractivity contribution in [3.05, 3.63) is 78.6 Å². The van der Waals surface area contributed by atoms with E-state index < -0.39 is 0 Å². The molecule has 0 aliphatic rings. The number of hydrogen-bond acceptors (Lipinski definition) is 0. The SMILES string of the molecule is C=C(c1cc2ccccc2n1C)c1cc2ccccc2n1C. The number of rotatable bonds is 2. The lowest BCUT2D eigenvalue weighted by Crippen LogP contribution is -2.00. The van der Waals surface area contributed by atoms with Crippen LogP contribution in [0.5, 0.6) is 0 Å². The van der Waals surface area contributed by atoms with Crippen LogP contribution in [0.1, 0.15) is 11.4 Å². The van der Waals surface area contributed by atoms with Gasteiger partial charge in [-0.2, -0.15) is 0 Å². The van der Waals surface area contributed by atoms with Crippen LogP contribution in [0.4, 0.5) is 0 Å². The van der Waals surface area contributed by atoms with Gasteiger partial charge in [-0.1, -0.05) is 43.0 Å². The maximum absolute atomic E-state index is 4.37. The summed E-state index contributed by atoms with van der Waals surface area (Å²) in [5, 5.41) is 2.50. The van der Waals surface area contributed by atoms with Crippen molar-refractivity contribution >= 4 is 27.4 Å². The minimum absolute atomic E-state index is 1.05. The lowest BCUT2D eigenvalue weighted by molar-refractivity contribution is 0.921. The normalized spacial score (nSPS) is 11.4. The summed E-state index contributed by atoms with van der Waals surface area (Å²) in [6.07, 6.45) is 0. The fourth-order valence-corrected chi connectivity index (χ4v) is 3.29. The third-order valence-electron chi connectivity index (χ3n) is 4.52. The van der Waals surface area contributed by atoms with Gasteiger partial charge < -0.3 is 9.13 Å². The standard InChI is InChI=1S/C20H18N2/c1-14(19-12-15-8-4-6-10-17(15)21(19)2)20-13-16-9-5-7-11-18(16)22(20)3/h4-13H,1H2,2-3H3. The summed E-state index contributed by atoms with van der Waals surface area (Å²) in [5.41, 5.74) is 5.84. The van der Waals surface area contributed by atoms with Crippen molar-refractivity contribution in [2.75, 3.05) is 0 Å². The number of nitrogens with zero attached hydrogens (tertiary/aromatic N) is 2. The van der Waals surface area contributed by atoms with E-state index in [2.05, 4.69) is 90.5 Å². The van der Waals surface area contributed by atoms with E-state index in [4.69, 9.17) is 0 Å². The number of aryl methyl sites for hydroxylation is 2. The van der Waals surface area contributed by atoms with Crippen LogP contribution in [-0.2, 0) is 14.1 Å². The molecule has 0 N–H and O–H groups in total. The molecular formula is C20H18N2. The highest BCUT2D eigenvalue weighted by atomic mass is 15.0. The van der Waals surface area contributed by atoms with E-state index in [-0.39, 0.29) is 0 Å². The zero-order valence-corrected chi connectivity index (χ0v) is 12.9. The molecule has 22 heavy (non-hydrogen) atoms. The van der Waals surface area contributed by atoms with Gasteiger partial charge >= 0.3 is 0 Å². The Labute approximate surface area is 129 Å². The fraction of sp³-hybridized carbons (Fsp3) is 0.100. The van der Waals surface area contributed by atoms with Gasteiger partial charge in [0, 0.05) is 41.5 Å². The molecule has 2 aromatic carbocycles. The summed E-state index contributed by atoms with van der Waals surface area (Å²) in [5.74, 6) is 0. The molecule has 0 aliphatic carbocycles. The van der Waals surface area contributed by atoms with E-state index in [1.165, 1.54) is 21.8 Å². The van der Waals surface area contributed by atoms with Crippen LogP contribution in [0, 0.1) is 0 Å². The largest absolute Gasteiger partial charge is 0.344 e. The minimum atomic E-state index is 1.05. The van der Waals surface area contributed by atoms with E-state index >= 15 is 0 Å². The van der Waals surface area contributed by atoms with Gasteiger partial charge in [0.15, 0.2) is 0 Å². The summed E-state index contributed by atoms with van der Waals surface area (Å²) >= 11 is 0. The lowest BCUT2D eigenvalue weighted by atomic mass is 10.1. The van der Waals surface area contributed by atoms with E-state index in [1.807, 2.05) is 0 Å². The molecule has 4 aromatic rings. The van der Waals surface area contributed by atoms with Gasteiger partial charge in [-0.3, -0.25) is 0 Å². The minimum Gasteiger partial charge on any atom is -0.344 e. The molecule has 0 unspecified atom stereocenters. The summed E-state index contributed by atoms with van der Waals surface area (Å²) in [7, 11) is 4.21. The van der Waals surface area contributed by atoms with Crippen molar-refractivity contribution in [1.82, 2.24) is 9.13 Å². The average Bonchev–Trinajstić information content (AvgIpc) is 3.06. The highest BCUT2D eigenvalue weighted by molar-refractivity contribution is 5.92. The highest BCUT2D eigenvalue weighted by Crippen LogP contribution is 2.30. The van der Waals surface area contributed by atoms with Crippen LogP contribution >= 0.6 is 0 Å². The Hall–Kier alpha value is -2.74. The van der Waals surface area contributed by atoms with E-state index in [9.17, 15) is 0 Å². The van der Waals surface area contributed by atoms with E-state index in [0.717, 1.165) is 17.0 Å². The Balaban J connectivity index is 1.92. The highest BCUT2D eigenvalue weighted by Gasteiger charge is 2.14. The zero-order chi connectivity index (χ0) is 15.3. The van der Waals surface area contributed by atoms with Crippen LogP contribution < -0.4 is 0 Å². The van der Waals surface area contributed by atoms with Gasteiger partial charge in [-0.15, -0.1) is 0 Å². The Morgan fingerprint density at radius 2 is 1.14 bits per heavy atom. The quantitative estimate of drug-likeness (QED) is 0.504. The monoisotopic (exact) mass is 286 g/mol. The second kappa shape index (κ2) is 4.63. The van der Waals surface area contributed by atoms with Gasteiger partial charge in [-0.05, 0) is 24.3 Å². The van der Waals surface area contributed by atoms with E-state index in [0.29, 0.717) is 0 Å². The molecule has 0 radical (unpaired) electrons. The van der Waals surface area contributed by atoms with Crippen molar-refractivity contribution in [2.45, 2.75) is 0 Å². The van der Waals surface area contributed by atoms with Gasteiger partial charge in [0.25, 0.3) is 0 Å². The van der Waals surface area contributed by atoms with Crippen LogP contribution in [-0.4, -0.2) is 9.13 Å². The first-order chi connectivity index (χ1) is 10.7. The van der Waals surface area contributed by atoms with Crippen LogP contribution in [0.15, 0.2) is 67.2 Å². The summed E-state index contributed by atoms with van der Waals surface area (Å²) in [4.78, 5) is 0. The maximum Gasteiger partial charge on any atom is 0.0503 e. The first kappa shape index (κ1) is 13.0. The third-order valence-corrected chi connectivity index (χ3v) is 4.52. The number of para-hydroxylation sites is 2. The summed E-state index contributed by atoms with van der Waals surface area (Å²) < 4.78 is 4.44. The van der Waals surface area contributed by atoms with Gasteiger partial charge in [0.05, 0.1) is 11.4 Å². The molecule has 108 valence electrons. The topological polar surface area (TPSA) is 9.86 Å². The average molecular weight is 286 g/mol. The number of aromatic nitrogens is 2. The number of hydrogen-bond donors (Lipinski definition) is 0. The van der Waals surface area contributed by atoms with Crippen molar-refractivity contribution in [1.29, 1.82) is 0 Å². The second-order valence-electron chi connectivity index (χ2n) is 5.77. The molecule has 2 aromatic heterocycles. The van der Waals surface area contributed by atoms with Gasteiger partial charge in [0.2, 0.25) is 0 Å². The molecule has 2 heteroatoms. The van der Waals surface area contributed by atoms with Gasteiger partial charge in [0.1, 0.15) is 0 Å². The first-order valence-electron chi connectivity index (χ1n) is 7.45. The molecule has 0 saturated carbocycles. The van der Waals surface area contributed by atoms with E-state index in [1.54, 1.807) is 0 Å². The Kier molecular flexibility index (Phi) is 2.73. The molecular weight excluding hydrogens is 268 g/mol. The fourth-order valence-electron chi connectivity index (χ4n) is 3.29. The van der Waals surface area contributed by atoms with Gasteiger partial charge in [-0.25, -0.2) is 0 Å². The molecule has 0 atom stereocenters. The molecule has 0 spiro atoms. The van der Waals surface area contributed by atoms with Crippen molar-refractivity contribution < 1.29 is 0 Å². The molecule has 4 rings (SSSR count). The zero-order valence-electron chi connectivity index (χ0n) is 12.9. The molecule has 0 bridgehead atoms. The van der Waals surface area contributed by atoms with Crippen molar-refractivity contribution in [3.8, 4) is 0 Å². The Bertz CT molecular complexity index is 933. The molecule has 0 aliphatic heterocycles. The van der Waals surface area contributed by atoms with Crippen molar-refractivity contribution in [2.24, 2.45) is 14.1 Å².